The summed E-state index contributed by atoms with van der Waals surface area (Å²) >= 11 is 1.55. The number of thioether (sulfide) groups is 1. The van der Waals surface area contributed by atoms with Crippen LogP contribution >= 0.6 is 11.8 Å². The molecular weight excluding hydrogens is 336 g/mol. The number of carbonyl (C=O) groups is 1. The first kappa shape index (κ1) is 15.4. The number of hydrogen-bond acceptors (Lipinski definition) is 5. The zero-order chi connectivity index (χ0) is 17.1. The highest BCUT2D eigenvalue weighted by molar-refractivity contribution is 8.10. The van der Waals surface area contributed by atoms with Crippen LogP contribution in [0.5, 0.6) is 0 Å². The van der Waals surface area contributed by atoms with E-state index in [0.717, 1.165) is 47.0 Å². The van der Waals surface area contributed by atoms with Gasteiger partial charge in [0, 0.05) is 42.9 Å². The fraction of sp³-hybridized carbons (Fsp3) is 0.500. The molecular formula is C18H20N4O2S. The molecule has 1 N–H and O–H groups in total. The standard InChI is InChI=1S/C18H20N4O2S/c1-9-3-4-22(9)8-13-12-5-10(2)24-15-14(12)17(18(23)21-13)25-16(15)11-6-19-20-7-11/h6-7,9-10,17H,3-5,8H2,1-2H3,(H,19,20)/t9-,10-,17?/m0/s1. The predicted molar refractivity (Wildman–Crippen MR) is 97.2 cm³/mol. The maximum Gasteiger partial charge on any atom is 0.264 e. The average Bonchev–Trinajstić information content (AvgIpc) is 3.23. The van der Waals surface area contributed by atoms with Gasteiger partial charge in [-0.3, -0.25) is 14.8 Å². The van der Waals surface area contributed by atoms with Gasteiger partial charge in [0.1, 0.15) is 17.1 Å². The zero-order valence-electron chi connectivity index (χ0n) is 14.3. The van der Waals surface area contributed by atoms with Crippen molar-refractivity contribution < 1.29 is 9.53 Å². The lowest BCUT2D eigenvalue weighted by Crippen LogP contribution is -2.49. The first-order valence-corrected chi connectivity index (χ1v) is 9.65. The Bertz CT molecular complexity index is 839. The summed E-state index contributed by atoms with van der Waals surface area (Å²) in [6, 6.07) is 0.577. The van der Waals surface area contributed by atoms with Gasteiger partial charge >= 0.3 is 0 Å². The van der Waals surface area contributed by atoms with E-state index in [-0.39, 0.29) is 17.3 Å². The number of likely N-dealkylation sites (tertiary alicyclic amines) is 1. The van der Waals surface area contributed by atoms with Crippen molar-refractivity contribution >= 4 is 28.3 Å². The summed E-state index contributed by atoms with van der Waals surface area (Å²) in [4.78, 5) is 20.6. The normalized spacial score (nSPS) is 31.7. The van der Waals surface area contributed by atoms with E-state index in [1.807, 2.05) is 6.20 Å². The molecule has 0 bridgehead atoms. The van der Waals surface area contributed by atoms with E-state index in [1.165, 1.54) is 12.0 Å². The minimum Gasteiger partial charge on any atom is -0.489 e. The lowest BCUT2D eigenvalue weighted by molar-refractivity contribution is -0.116. The number of carbonyl (C=O) groups excluding carboxylic acids is 1. The number of amides is 1. The minimum atomic E-state index is -0.264. The fourth-order valence-electron chi connectivity index (χ4n) is 3.93. The molecule has 25 heavy (non-hydrogen) atoms. The number of aromatic amines is 1. The second-order valence-electron chi connectivity index (χ2n) is 7.17. The molecule has 0 radical (unpaired) electrons. The van der Waals surface area contributed by atoms with Gasteiger partial charge in [0.15, 0.2) is 0 Å². The van der Waals surface area contributed by atoms with E-state index in [2.05, 4.69) is 33.9 Å². The third-order valence-electron chi connectivity index (χ3n) is 5.47. The summed E-state index contributed by atoms with van der Waals surface area (Å²) in [5.74, 6) is 0.809. The van der Waals surface area contributed by atoms with E-state index in [1.54, 1.807) is 18.0 Å². The van der Waals surface area contributed by atoms with Crippen molar-refractivity contribution in [2.75, 3.05) is 13.1 Å². The highest BCUT2D eigenvalue weighted by Crippen LogP contribution is 2.53. The first-order chi connectivity index (χ1) is 12.1. The van der Waals surface area contributed by atoms with Gasteiger partial charge in [-0.25, -0.2) is 4.99 Å². The van der Waals surface area contributed by atoms with Crippen LogP contribution in [0.4, 0.5) is 0 Å². The summed E-state index contributed by atoms with van der Waals surface area (Å²) in [6.07, 6.45) is 5.76. The van der Waals surface area contributed by atoms with E-state index < -0.39 is 0 Å². The second kappa shape index (κ2) is 5.57. The fourth-order valence-corrected chi connectivity index (χ4v) is 5.20. The van der Waals surface area contributed by atoms with Gasteiger partial charge in [-0.05, 0) is 25.8 Å². The Kier molecular flexibility index (Phi) is 3.43. The number of allylic oxidation sites excluding steroid dienone is 1. The van der Waals surface area contributed by atoms with Crippen LogP contribution in [-0.4, -0.2) is 57.2 Å². The highest BCUT2D eigenvalue weighted by Gasteiger charge is 2.46. The molecule has 4 aliphatic heterocycles. The maximum absolute atomic E-state index is 12.7. The first-order valence-electron chi connectivity index (χ1n) is 8.78. The summed E-state index contributed by atoms with van der Waals surface area (Å²) in [5.41, 5.74) is 4.21. The second-order valence-corrected chi connectivity index (χ2v) is 8.29. The van der Waals surface area contributed by atoms with Crippen LogP contribution in [0.15, 0.2) is 34.3 Å². The van der Waals surface area contributed by atoms with Gasteiger partial charge in [-0.1, -0.05) is 0 Å². The molecule has 1 saturated heterocycles. The molecule has 1 fully saturated rings. The summed E-state index contributed by atoms with van der Waals surface area (Å²) in [5, 5.41) is 6.63. The van der Waals surface area contributed by atoms with Gasteiger partial charge in [0.2, 0.25) is 0 Å². The lowest BCUT2D eigenvalue weighted by atomic mass is 9.88. The molecule has 1 amide bonds. The van der Waals surface area contributed by atoms with Gasteiger partial charge in [-0.15, -0.1) is 11.8 Å². The third-order valence-corrected chi connectivity index (χ3v) is 6.80. The van der Waals surface area contributed by atoms with Crippen LogP contribution in [0.1, 0.15) is 32.3 Å². The number of dihydropyridines is 1. The topological polar surface area (TPSA) is 70.6 Å². The Morgan fingerprint density at radius 3 is 3.00 bits per heavy atom. The van der Waals surface area contributed by atoms with E-state index in [4.69, 9.17) is 4.74 Å². The molecule has 130 valence electrons. The van der Waals surface area contributed by atoms with E-state index in [9.17, 15) is 4.79 Å². The number of nitrogens with one attached hydrogen (secondary N) is 1. The molecule has 0 saturated carbocycles. The SMILES string of the molecule is C[C@H]1CC2=C3C(=C(c4cn[nH]c4)SC3C(=O)N=C2CN2CC[C@@H]2C)O1. The average molecular weight is 356 g/mol. The van der Waals surface area contributed by atoms with Crippen LogP contribution in [0, 0.1) is 0 Å². The van der Waals surface area contributed by atoms with Crippen molar-refractivity contribution in [3.63, 3.8) is 0 Å². The van der Waals surface area contributed by atoms with E-state index in [0.29, 0.717) is 6.04 Å². The zero-order valence-corrected chi connectivity index (χ0v) is 15.1. The minimum absolute atomic E-state index is 0.0546. The monoisotopic (exact) mass is 356 g/mol. The van der Waals surface area contributed by atoms with Crippen molar-refractivity contribution in [2.45, 2.75) is 44.1 Å². The lowest BCUT2D eigenvalue weighted by Gasteiger charge is -2.40. The maximum atomic E-state index is 12.7. The van der Waals surface area contributed by atoms with Gasteiger partial charge in [0.25, 0.3) is 5.91 Å². The van der Waals surface area contributed by atoms with Crippen LogP contribution in [-0.2, 0) is 9.53 Å². The molecule has 4 aliphatic rings. The molecule has 1 unspecified atom stereocenters. The Balaban J connectivity index is 1.59. The number of ether oxygens (including phenoxy) is 1. The van der Waals surface area contributed by atoms with Crippen molar-refractivity contribution in [3.05, 3.63) is 34.9 Å². The largest absolute Gasteiger partial charge is 0.489 e. The number of aliphatic imine (C=N–C) groups is 1. The third kappa shape index (κ3) is 2.33. The predicted octanol–water partition coefficient (Wildman–Crippen LogP) is 2.37. The molecule has 0 aromatic carbocycles. The molecule has 0 aliphatic carbocycles. The van der Waals surface area contributed by atoms with Crippen molar-refractivity contribution in [3.8, 4) is 0 Å². The number of aromatic nitrogens is 2. The molecule has 1 aromatic rings. The number of hydrogen-bond donors (Lipinski definition) is 1. The van der Waals surface area contributed by atoms with Crippen molar-refractivity contribution in [2.24, 2.45) is 4.99 Å². The number of rotatable bonds is 3. The number of nitrogens with zero attached hydrogens (tertiary/aromatic N) is 3. The molecule has 3 atom stereocenters. The quantitative estimate of drug-likeness (QED) is 0.900. The van der Waals surface area contributed by atoms with Crippen LogP contribution in [0.3, 0.4) is 0 Å². The summed E-state index contributed by atoms with van der Waals surface area (Å²) < 4.78 is 6.18. The Morgan fingerprint density at radius 2 is 2.32 bits per heavy atom. The Morgan fingerprint density at radius 1 is 1.44 bits per heavy atom. The molecule has 5 heterocycles. The molecule has 7 heteroatoms. The van der Waals surface area contributed by atoms with Gasteiger partial charge in [-0.2, -0.15) is 5.10 Å². The van der Waals surface area contributed by atoms with Crippen LogP contribution in [0.2, 0.25) is 0 Å². The Hall–Kier alpha value is -1.86. The Labute approximate surface area is 150 Å². The highest BCUT2D eigenvalue weighted by atomic mass is 32.2. The summed E-state index contributed by atoms with van der Waals surface area (Å²) in [6.45, 7) is 6.17. The molecule has 5 rings (SSSR count). The van der Waals surface area contributed by atoms with E-state index >= 15 is 0 Å². The molecule has 6 nitrogen and oxygen atoms in total. The summed E-state index contributed by atoms with van der Waals surface area (Å²) in [7, 11) is 0. The van der Waals surface area contributed by atoms with Crippen molar-refractivity contribution in [1.82, 2.24) is 15.1 Å². The smallest absolute Gasteiger partial charge is 0.264 e. The van der Waals surface area contributed by atoms with Crippen molar-refractivity contribution in [1.29, 1.82) is 0 Å². The molecule has 0 spiro atoms. The molecule has 1 aromatic heterocycles. The van der Waals surface area contributed by atoms with Gasteiger partial charge in [0.05, 0.1) is 16.8 Å². The van der Waals surface area contributed by atoms with Gasteiger partial charge < -0.3 is 4.74 Å². The van der Waals surface area contributed by atoms with Crippen LogP contribution < -0.4 is 0 Å². The van der Waals surface area contributed by atoms with Crippen LogP contribution in [0.25, 0.3) is 4.91 Å². The number of H-pyrrole nitrogens is 1.